The number of ether oxygens (including phenoxy) is 3. The molecule has 0 aliphatic rings. The Kier molecular flexibility index (Phi) is 7.41. The number of rotatable bonds is 9. The standard InChI is InChI=1S/C14H23NO3/c1-4-17-11-13(15-2)12-7-5-6-8-14(12)18-10-9-16-3/h5-8,13,15H,4,9-11H2,1-3H3. The van der Waals surface area contributed by atoms with Crippen molar-refractivity contribution in [1.29, 1.82) is 0 Å². The molecule has 0 aliphatic carbocycles. The van der Waals surface area contributed by atoms with Gasteiger partial charge in [0.05, 0.1) is 19.3 Å². The van der Waals surface area contributed by atoms with Crippen molar-refractivity contribution in [2.45, 2.75) is 13.0 Å². The van der Waals surface area contributed by atoms with Crippen molar-refractivity contribution in [1.82, 2.24) is 5.32 Å². The Labute approximate surface area is 109 Å². The molecule has 0 fully saturated rings. The number of hydrogen-bond acceptors (Lipinski definition) is 4. The lowest BCUT2D eigenvalue weighted by molar-refractivity contribution is 0.122. The lowest BCUT2D eigenvalue weighted by Crippen LogP contribution is -2.22. The highest BCUT2D eigenvalue weighted by Crippen LogP contribution is 2.25. The lowest BCUT2D eigenvalue weighted by Gasteiger charge is -2.20. The van der Waals surface area contributed by atoms with Crippen LogP contribution in [0.15, 0.2) is 24.3 Å². The molecule has 1 aromatic rings. The van der Waals surface area contributed by atoms with Gasteiger partial charge in [-0.15, -0.1) is 0 Å². The largest absolute Gasteiger partial charge is 0.491 e. The first-order valence-corrected chi connectivity index (χ1v) is 6.29. The van der Waals surface area contributed by atoms with Crippen LogP contribution in [0.2, 0.25) is 0 Å². The van der Waals surface area contributed by atoms with Gasteiger partial charge in [-0.25, -0.2) is 0 Å². The van der Waals surface area contributed by atoms with Gasteiger partial charge in [-0.2, -0.15) is 0 Å². The minimum Gasteiger partial charge on any atom is -0.491 e. The van der Waals surface area contributed by atoms with E-state index in [0.717, 1.165) is 11.3 Å². The van der Waals surface area contributed by atoms with Gasteiger partial charge in [-0.05, 0) is 20.0 Å². The molecule has 0 saturated heterocycles. The zero-order valence-corrected chi connectivity index (χ0v) is 11.4. The number of para-hydroxylation sites is 1. The Balaban J connectivity index is 2.71. The quantitative estimate of drug-likeness (QED) is 0.683. The first kappa shape index (κ1) is 15.0. The summed E-state index contributed by atoms with van der Waals surface area (Å²) in [4.78, 5) is 0. The van der Waals surface area contributed by atoms with Crippen LogP contribution in [-0.4, -0.2) is 40.6 Å². The number of methoxy groups -OCH3 is 1. The zero-order valence-electron chi connectivity index (χ0n) is 11.4. The van der Waals surface area contributed by atoms with E-state index in [1.807, 2.05) is 32.2 Å². The van der Waals surface area contributed by atoms with Crippen LogP contribution in [0.5, 0.6) is 5.75 Å². The third-order valence-corrected chi connectivity index (χ3v) is 2.68. The molecule has 102 valence electrons. The number of hydrogen-bond donors (Lipinski definition) is 1. The van der Waals surface area contributed by atoms with E-state index < -0.39 is 0 Å². The molecule has 1 rings (SSSR count). The normalized spacial score (nSPS) is 12.4. The van der Waals surface area contributed by atoms with Crippen molar-refractivity contribution in [2.24, 2.45) is 0 Å². The third kappa shape index (κ3) is 4.64. The van der Waals surface area contributed by atoms with Crippen molar-refractivity contribution >= 4 is 0 Å². The first-order valence-electron chi connectivity index (χ1n) is 6.29. The molecule has 1 N–H and O–H groups in total. The molecule has 0 amide bonds. The van der Waals surface area contributed by atoms with Crippen LogP contribution >= 0.6 is 0 Å². The summed E-state index contributed by atoms with van der Waals surface area (Å²) in [5, 5.41) is 3.25. The molecule has 0 aliphatic heterocycles. The van der Waals surface area contributed by atoms with Crippen LogP contribution in [-0.2, 0) is 9.47 Å². The van der Waals surface area contributed by atoms with Gasteiger partial charge in [0.25, 0.3) is 0 Å². The highest BCUT2D eigenvalue weighted by Gasteiger charge is 2.14. The van der Waals surface area contributed by atoms with E-state index in [0.29, 0.717) is 26.4 Å². The summed E-state index contributed by atoms with van der Waals surface area (Å²) in [6, 6.07) is 8.15. The molecule has 0 aromatic heterocycles. The van der Waals surface area contributed by atoms with Crippen molar-refractivity contribution in [3.63, 3.8) is 0 Å². The van der Waals surface area contributed by atoms with Gasteiger partial charge >= 0.3 is 0 Å². The maximum absolute atomic E-state index is 5.72. The molecule has 0 radical (unpaired) electrons. The Hall–Kier alpha value is -1.10. The number of benzene rings is 1. The first-order chi connectivity index (χ1) is 8.83. The Morgan fingerprint density at radius 1 is 1.22 bits per heavy atom. The summed E-state index contributed by atoms with van der Waals surface area (Å²) in [6.45, 7) is 4.48. The number of likely N-dealkylation sites (N-methyl/N-ethyl adjacent to an activating group) is 1. The van der Waals surface area contributed by atoms with Crippen LogP contribution in [0.1, 0.15) is 18.5 Å². The molecular formula is C14H23NO3. The van der Waals surface area contributed by atoms with Gasteiger partial charge in [-0.3, -0.25) is 0 Å². The summed E-state index contributed by atoms with van der Waals surface area (Å²) < 4.78 is 16.2. The molecule has 1 unspecified atom stereocenters. The third-order valence-electron chi connectivity index (χ3n) is 2.68. The summed E-state index contributed by atoms with van der Waals surface area (Å²) in [6.07, 6.45) is 0. The highest BCUT2D eigenvalue weighted by molar-refractivity contribution is 5.36. The second-order valence-corrected chi connectivity index (χ2v) is 3.88. The molecule has 18 heavy (non-hydrogen) atoms. The maximum Gasteiger partial charge on any atom is 0.124 e. The smallest absolute Gasteiger partial charge is 0.124 e. The Morgan fingerprint density at radius 2 is 2.00 bits per heavy atom. The summed E-state index contributed by atoms with van der Waals surface area (Å²) in [5.74, 6) is 0.883. The van der Waals surface area contributed by atoms with Crippen molar-refractivity contribution in [3.05, 3.63) is 29.8 Å². The molecule has 4 nitrogen and oxygen atoms in total. The van der Waals surface area contributed by atoms with Gasteiger partial charge in [0.15, 0.2) is 0 Å². The van der Waals surface area contributed by atoms with E-state index in [1.54, 1.807) is 7.11 Å². The van der Waals surface area contributed by atoms with Crippen LogP contribution in [0.4, 0.5) is 0 Å². The van der Waals surface area contributed by atoms with Crippen LogP contribution in [0.25, 0.3) is 0 Å². The molecule has 1 atom stereocenters. The second-order valence-electron chi connectivity index (χ2n) is 3.88. The van der Waals surface area contributed by atoms with Crippen molar-refractivity contribution in [2.75, 3.05) is 40.6 Å². The minimum absolute atomic E-state index is 0.142. The average Bonchev–Trinajstić information content (AvgIpc) is 2.41. The minimum atomic E-state index is 0.142. The van der Waals surface area contributed by atoms with E-state index in [2.05, 4.69) is 11.4 Å². The summed E-state index contributed by atoms with van der Waals surface area (Å²) in [7, 11) is 3.59. The predicted molar refractivity (Wildman–Crippen MR) is 72.1 cm³/mol. The lowest BCUT2D eigenvalue weighted by atomic mass is 10.1. The molecule has 4 heteroatoms. The zero-order chi connectivity index (χ0) is 13.2. The van der Waals surface area contributed by atoms with Crippen molar-refractivity contribution < 1.29 is 14.2 Å². The molecule has 0 saturated carbocycles. The van der Waals surface area contributed by atoms with Crippen molar-refractivity contribution in [3.8, 4) is 5.75 Å². The van der Waals surface area contributed by atoms with E-state index in [-0.39, 0.29) is 6.04 Å². The summed E-state index contributed by atoms with van der Waals surface area (Å²) in [5.41, 5.74) is 1.12. The van der Waals surface area contributed by atoms with Crippen LogP contribution in [0.3, 0.4) is 0 Å². The SMILES string of the molecule is CCOCC(NC)c1ccccc1OCCOC. The molecule has 0 bridgehead atoms. The van der Waals surface area contributed by atoms with Crippen LogP contribution in [0, 0.1) is 0 Å². The van der Waals surface area contributed by atoms with Gasteiger partial charge < -0.3 is 19.5 Å². The maximum atomic E-state index is 5.72. The van der Waals surface area contributed by atoms with Crippen LogP contribution < -0.4 is 10.1 Å². The number of nitrogens with one attached hydrogen (secondary N) is 1. The summed E-state index contributed by atoms with van der Waals surface area (Å²) >= 11 is 0. The molecule has 1 aromatic carbocycles. The van der Waals surface area contributed by atoms with E-state index >= 15 is 0 Å². The highest BCUT2D eigenvalue weighted by atomic mass is 16.5. The molecular weight excluding hydrogens is 230 g/mol. The second kappa shape index (κ2) is 8.91. The average molecular weight is 253 g/mol. The topological polar surface area (TPSA) is 39.7 Å². The Morgan fingerprint density at radius 3 is 2.67 bits per heavy atom. The van der Waals surface area contributed by atoms with Gasteiger partial charge in [0.2, 0.25) is 0 Å². The molecule has 0 heterocycles. The fraction of sp³-hybridized carbons (Fsp3) is 0.571. The fourth-order valence-electron chi connectivity index (χ4n) is 1.70. The van der Waals surface area contributed by atoms with E-state index in [1.165, 1.54) is 0 Å². The fourth-order valence-corrected chi connectivity index (χ4v) is 1.70. The predicted octanol–water partition coefficient (Wildman–Crippen LogP) is 2.01. The van der Waals surface area contributed by atoms with Gasteiger partial charge in [0.1, 0.15) is 12.4 Å². The Bertz CT molecular complexity index is 331. The van der Waals surface area contributed by atoms with Gasteiger partial charge in [-0.1, -0.05) is 18.2 Å². The van der Waals surface area contributed by atoms with E-state index in [9.17, 15) is 0 Å². The van der Waals surface area contributed by atoms with E-state index in [4.69, 9.17) is 14.2 Å². The van der Waals surface area contributed by atoms with Gasteiger partial charge in [0, 0.05) is 19.3 Å². The molecule has 0 spiro atoms. The monoisotopic (exact) mass is 253 g/mol.